The van der Waals surface area contributed by atoms with Gasteiger partial charge >= 0.3 is 0 Å². The van der Waals surface area contributed by atoms with E-state index in [1.165, 1.54) is 13.2 Å². The van der Waals surface area contributed by atoms with E-state index >= 15 is 0 Å². The first kappa shape index (κ1) is 8.59. The molecule has 3 nitrogen and oxygen atoms in total. The predicted molar refractivity (Wildman–Crippen MR) is 42.1 cm³/mol. The summed E-state index contributed by atoms with van der Waals surface area (Å²) in [6.45, 7) is 1.71. The fraction of sp³-hybridized carbons (Fsp3) is 0.222. The number of ether oxygens (including phenoxy) is 1. The topological polar surface area (TPSA) is 49.4 Å². The van der Waals surface area contributed by atoms with Crippen LogP contribution in [-0.2, 0) is 0 Å². The number of benzene rings is 1. The summed E-state index contributed by atoms with van der Waals surface area (Å²) in [5.41, 5.74) is 0.852. The van der Waals surface area contributed by atoms with Crippen molar-refractivity contribution in [3.63, 3.8) is 0 Å². The molecule has 0 unspecified atom stereocenters. The van der Waals surface area contributed by atoms with Gasteiger partial charge in [0.1, 0.15) is 5.75 Å². The largest absolute Gasteiger partial charge is 0.545 e. The summed E-state index contributed by atoms with van der Waals surface area (Å²) in [5, 5.41) is 10.5. The maximum absolute atomic E-state index is 10.5. The molecule has 1 rings (SSSR count). The first-order chi connectivity index (χ1) is 5.65. The smallest absolute Gasteiger partial charge is 0.119 e. The van der Waals surface area contributed by atoms with Gasteiger partial charge in [-0.25, -0.2) is 0 Å². The van der Waals surface area contributed by atoms with Crippen LogP contribution in [0.4, 0.5) is 0 Å². The molecule has 0 amide bonds. The third-order valence-electron chi connectivity index (χ3n) is 1.66. The Balaban J connectivity index is 3.17. The minimum absolute atomic E-state index is 0.175. The van der Waals surface area contributed by atoms with Gasteiger partial charge < -0.3 is 14.6 Å². The Morgan fingerprint density at radius 1 is 1.50 bits per heavy atom. The van der Waals surface area contributed by atoms with Crippen molar-refractivity contribution >= 4 is 5.97 Å². The summed E-state index contributed by atoms with van der Waals surface area (Å²) in [4.78, 5) is 10.5. The predicted octanol–water partition coefficient (Wildman–Crippen LogP) is 0.367. The number of rotatable bonds is 2. The molecule has 0 aromatic heterocycles. The van der Waals surface area contributed by atoms with Crippen molar-refractivity contribution in [2.75, 3.05) is 7.11 Å². The van der Waals surface area contributed by atoms with Gasteiger partial charge in [0.05, 0.1) is 13.1 Å². The highest BCUT2D eigenvalue weighted by Gasteiger charge is 2.00. The standard InChI is InChI=1S/C9H10O3/c1-6-3-4-7(12-2)5-8(6)9(10)11/h3-5H,1-2H3,(H,10,11)/p-1. The molecule has 0 bridgehead atoms. The molecule has 0 spiro atoms. The van der Waals surface area contributed by atoms with Crippen LogP contribution in [0.3, 0.4) is 0 Å². The molecule has 64 valence electrons. The summed E-state index contributed by atoms with van der Waals surface area (Å²) in [5.74, 6) is -0.647. The van der Waals surface area contributed by atoms with E-state index in [1.54, 1.807) is 19.1 Å². The van der Waals surface area contributed by atoms with Crippen molar-refractivity contribution < 1.29 is 14.6 Å². The summed E-state index contributed by atoms with van der Waals surface area (Å²) in [6.07, 6.45) is 0. The number of carbonyl (C=O) groups is 1. The summed E-state index contributed by atoms with van der Waals surface area (Å²) >= 11 is 0. The van der Waals surface area contributed by atoms with E-state index in [2.05, 4.69) is 0 Å². The third kappa shape index (κ3) is 1.56. The number of hydrogen-bond acceptors (Lipinski definition) is 3. The second-order valence-electron chi connectivity index (χ2n) is 2.47. The van der Waals surface area contributed by atoms with E-state index in [-0.39, 0.29) is 5.56 Å². The van der Waals surface area contributed by atoms with Gasteiger partial charge in [-0.3, -0.25) is 0 Å². The SMILES string of the molecule is COc1ccc(C)c(C(=O)[O-])c1. The van der Waals surface area contributed by atoms with E-state index < -0.39 is 5.97 Å². The van der Waals surface area contributed by atoms with Crippen LogP contribution in [0.5, 0.6) is 5.75 Å². The van der Waals surface area contributed by atoms with Gasteiger partial charge in [-0.15, -0.1) is 0 Å². The Bertz CT molecular complexity index is 305. The Labute approximate surface area is 70.6 Å². The lowest BCUT2D eigenvalue weighted by Crippen LogP contribution is -2.23. The van der Waals surface area contributed by atoms with Gasteiger partial charge in [0, 0.05) is 5.56 Å². The molecule has 0 fully saturated rings. The highest BCUT2D eigenvalue weighted by molar-refractivity contribution is 5.88. The molecular formula is C9H9O3-. The van der Waals surface area contributed by atoms with Crippen LogP contribution in [0.2, 0.25) is 0 Å². The van der Waals surface area contributed by atoms with Crippen LogP contribution in [0.1, 0.15) is 15.9 Å². The molecule has 0 saturated heterocycles. The molecule has 0 N–H and O–H groups in total. The van der Waals surface area contributed by atoms with E-state index in [0.29, 0.717) is 11.3 Å². The molecule has 0 radical (unpaired) electrons. The van der Waals surface area contributed by atoms with Gasteiger partial charge in [0.25, 0.3) is 0 Å². The van der Waals surface area contributed by atoms with Gasteiger partial charge in [-0.1, -0.05) is 6.07 Å². The zero-order chi connectivity index (χ0) is 9.14. The number of aryl methyl sites for hydroxylation is 1. The maximum Gasteiger partial charge on any atom is 0.119 e. The molecule has 0 aliphatic rings. The third-order valence-corrected chi connectivity index (χ3v) is 1.66. The van der Waals surface area contributed by atoms with Crippen molar-refractivity contribution in [1.82, 2.24) is 0 Å². The number of hydrogen-bond donors (Lipinski definition) is 0. The van der Waals surface area contributed by atoms with Crippen molar-refractivity contribution in [2.24, 2.45) is 0 Å². The lowest BCUT2D eigenvalue weighted by Gasteiger charge is -2.08. The minimum atomic E-state index is -1.17. The first-order valence-electron chi connectivity index (χ1n) is 3.51. The molecule has 3 heteroatoms. The lowest BCUT2D eigenvalue weighted by molar-refractivity contribution is -0.255. The van der Waals surface area contributed by atoms with Crippen LogP contribution in [0.15, 0.2) is 18.2 Å². The number of methoxy groups -OCH3 is 1. The molecule has 1 aromatic carbocycles. The van der Waals surface area contributed by atoms with Crippen LogP contribution >= 0.6 is 0 Å². The highest BCUT2D eigenvalue weighted by Crippen LogP contribution is 2.15. The number of carboxylic acid groups (broad SMARTS) is 1. The Morgan fingerprint density at radius 2 is 2.17 bits per heavy atom. The van der Waals surface area contributed by atoms with E-state index in [9.17, 15) is 9.90 Å². The van der Waals surface area contributed by atoms with Crippen molar-refractivity contribution in [3.05, 3.63) is 29.3 Å². The van der Waals surface area contributed by atoms with Crippen LogP contribution in [0, 0.1) is 6.92 Å². The average molecular weight is 165 g/mol. The van der Waals surface area contributed by atoms with Crippen LogP contribution < -0.4 is 9.84 Å². The number of carbonyl (C=O) groups excluding carboxylic acids is 1. The molecule has 1 aromatic rings. The Kier molecular flexibility index (Phi) is 2.33. The van der Waals surface area contributed by atoms with Gasteiger partial charge in [0.2, 0.25) is 0 Å². The lowest BCUT2D eigenvalue weighted by atomic mass is 10.1. The van der Waals surface area contributed by atoms with E-state index in [1.807, 2.05) is 0 Å². The van der Waals surface area contributed by atoms with Gasteiger partial charge in [-0.2, -0.15) is 0 Å². The highest BCUT2D eigenvalue weighted by atomic mass is 16.5. The first-order valence-corrected chi connectivity index (χ1v) is 3.51. The summed E-state index contributed by atoms with van der Waals surface area (Å²) < 4.78 is 4.87. The zero-order valence-corrected chi connectivity index (χ0v) is 6.96. The minimum Gasteiger partial charge on any atom is -0.545 e. The van der Waals surface area contributed by atoms with Crippen molar-refractivity contribution in [1.29, 1.82) is 0 Å². The fourth-order valence-electron chi connectivity index (χ4n) is 0.948. The maximum atomic E-state index is 10.5. The Hall–Kier alpha value is -1.51. The Morgan fingerprint density at radius 3 is 2.67 bits per heavy atom. The van der Waals surface area contributed by atoms with Crippen LogP contribution in [-0.4, -0.2) is 13.1 Å². The number of carboxylic acids is 1. The molecule has 0 aliphatic carbocycles. The van der Waals surface area contributed by atoms with Crippen molar-refractivity contribution in [3.8, 4) is 5.75 Å². The molecular weight excluding hydrogens is 156 g/mol. The molecule has 0 heterocycles. The van der Waals surface area contributed by atoms with E-state index in [4.69, 9.17) is 4.74 Å². The number of aromatic carboxylic acids is 1. The quantitative estimate of drug-likeness (QED) is 0.636. The molecule has 0 aliphatic heterocycles. The zero-order valence-electron chi connectivity index (χ0n) is 6.96. The fourth-order valence-corrected chi connectivity index (χ4v) is 0.948. The monoisotopic (exact) mass is 165 g/mol. The van der Waals surface area contributed by atoms with Gasteiger partial charge in [-0.05, 0) is 24.6 Å². The van der Waals surface area contributed by atoms with Gasteiger partial charge in [0.15, 0.2) is 0 Å². The summed E-state index contributed by atoms with van der Waals surface area (Å²) in [7, 11) is 1.49. The normalized spacial score (nSPS) is 9.50. The molecule has 0 atom stereocenters. The average Bonchev–Trinajstić information content (AvgIpc) is 2.05. The second kappa shape index (κ2) is 3.26. The second-order valence-corrected chi connectivity index (χ2v) is 2.47. The van der Waals surface area contributed by atoms with Crippen molar-refractivity contribution in [2.45, 2.75) is 6.92 Å². The summed E-state index contributed by atoms with van der Waals surface area (Å²) in [6, 6.07) is 4.84. The van der Waals surface area contributed by atoms with Crippen LogP contribution in [0.25, 0.3) is 0 Å². The van der Waals surface area contributed by atoms with E-state index in [0.717, 1.165) is 0 Å². The molecule has 0 saturated carbocycles. The molecule has 12 heavy (non-hydrogen) atoms.